The molecule has 0 aromatic heterocycles. The topological polar surface area (TPSA) is 41.5 Å². The number of nitrogens with one attached hydrogen (secondary N) is 1. The number of hydrogen-bond donors (Lipinski definition) is 1. The molecule has 1 aliphatic rings. The average molecular weight is 421 g/mol. The Hall–Kier alpha value is -2.83. The van der Waals surface area contributed by atoms with Crippen LogP contribution in [0.1, 0.15) is 5.56 Å². The van der Waals surface area contributed by atoms with Crippen LogP contribution < -0.4 is 5.32 Å². The maximum Gasteiger partial charge on any atom is 0.264 e. The largest absolute Gasteiger partial charge is 0.300 e. The van der Waals surface area contributed by atoms with Gasteiger partial charge in [0.2, 0.25) is 0 Å². The van der Waals surface area contributed by atoms with Gasteiger partial charge in [0.15, 0.2) is 5.17 Å². The third kappa shape index (κ3) is 4.60. The zero-order valence-electron chi connectivity index (χ0n) is 15.6. The monoisotopic (exact) mass is 420 g/mol. The lowest BCUT2D eigenvalue weighted by molar-refractivity contribution is -0.115. The van der Waals surface area contributed by atoms with Gasteiger partial charge in [-0.15, -0.1) is 11.8 Å². The van der Waals surface area contributed by atoms with Crippen LogP contribution in [0.4, 0.5) is 10.1 Å². The minimum Gasteiger partial charge on any atom is -0.300 e. The van der Waals surface area contributed by atoms with Crippen molar-refractivity contribution >= 4 is 46.4 Å². The van der Waals surface area contributed by atoms with E-state index in [0.717, 1.165) is 21.7 Å². The molecular formula is C23H17FN2OS2. The number of amidine groups is 1. The number of carbonyl (C=O) groups is 1. The molecule has 6 heteroatoms. The second-order valence-electron chi connectivity index (χ2n) is 6.28. The van der Waals surface area contributed by atoms with Crippen molar-refractivity contribution in [1.82, 2.24) is 5.32 Å². The SMILES string of the molecule is CSc1ccc(-c2ccc(/C=C3/SC(=Nc4ccccc4)NC3=O)c(F)c2)cc1. The van der Waals surface area contributed by atoms with Gasteiger partial charge in [0.25, 0.3) is 5.91 Å². The Balaban J connectivity index is 1.56. The van der Waals surface area contributed by atoms with E-state index in [1.807, 2.05) is 66.9 Å². The number of thioether (sulfide) groups is 2. The van der Waals surface area contributed by atoms with Gasteiger partial charge in [-0.25, -0.2) is 9.38 Å². The van der Waals surface area contributed by atoms with Crippen LogP contribution in [0.15, 0.2) is 87.6 Å². The summed E-state index contributed by atoms with van der Waals surface area (Å²) in [6.07, 6.45) is 3.58. The van der Waals surface area contributed by atoms with Crippen molar-refractivity contribution in [2.45, 2.75) is 4.90 Å². The second kappa shape index (κ2) is 8.68. The van der Waals surface area contributed by atoms with Gasteiger partial charge < -0.3 is 5.32 Å². The number of amides is 1. The second-order valence-corrected chi connectivity index (χ2v) is 8.19. The molecule has 29 heavy (non-hydrogen) atoms. The third-order valence-corrected chi connectivity index (χ3v) is 6.00. The highest BCUT2D eigenvalue weighted by atomic mass is 32.2. The van der Waals surface area contributed by atoms with E-state index < -0.39 is 0 Å². The van der Waals surface area contributed by atoms with Gasteiger partial charge in [-0.05, 0) is 65.6 Å². The molecule has 1 heterocycles. The number of halogens is 1. The lowest BCUT2D eigenvalue weighted by Gasteiger charge is -2.05. The summed E-state index contributed by atoms with van der Waals surface area (Å²) in [5.74, 6) is -0.647. The first-order valence-electron chi connectivity index (χ1n) is 8.91. The van der Waals surface area contributed by atoms with Gasteiger partial charge in [-0.1, -0.05) is 42.5 Å². The van der Waals surface area contributed by atoms with E-state index in [0.29, 0.717) is 15.6 Å². The molecule has 4 rings (SSSR count). The molecular weight excluding hydrogens is 403 g/mol. The predicted octanol–water partition coefficient (Wildman–Crippen LogP) is 6.11. The van der Waals surface area contributed by atoms with E-state index >= 15 is 0 Å². The van der Waals surface area contributed by atoms with E-state index in [4.69, 9.17) is 0 Å². The molecule has 0 bridgehead atoms. The minimum absolute atomic E-state index is 0.277. The highest BCUT2D eigenvalue weighted by Crippen LogP contribution is 2.30. The van der Waals surface area contributed by atoms with Gasteiger partial charge >= 0.3 is 0 Å². The average Bonchev–Trinajstić information content (AvgIpc) is 3.09. The molecule has 0 unspecified atom stereocenters. The van der Waals surface area contributed by atoms with Crippen LogP contribution in [0, 0.1) is 5.82 Å². The molecule has 0 atom stereocenters. The number of rotatable bonds is 4. The molecule has 1 N–H and O–H groups in total. The Morgan fingerprint density at radius 1 is 1.00 bits per heavy atom. The Bertz CT molecular complexity index is 1110. The molecule has 3 aromatic rings. The molecule has 1 amide bonds. The third-order valence-electron chi connectivity index (χ3n) is 4.35. The molecule has 1 saturated heterocycles. The smallest absolute Gasteiger partial charge is 0.264 e. The first kappa shape index (κ1) is 19.5. The zero-order chi connectivity index (χ0) is 20.2. The maximum absolute atomic E-state index is 14.7. The van der Waals surface area contributed by atoms with Gasteiger partial charge in [-0.2, -0.15) is 0 Å². The summed E-state index contributed by atoms with van der Waals surface area (Å²) in [5.41, 5.74) is 2.87. The lowest BCUT2D eigenvalue weighted by atomic mass is 10.0. The Morgan fingerprint density at radius 3 is 2.41 bits per heavy atom. The molecule has 0 saturated carbocycles. The normalized spacial score (nSPS) is 16.4. The number of benzene rings is 3. The van der Waals surface area contributed by atoms with Crippen molar-refractivity contribution in [3.05, 3.63) is 89.1 Å². The van der Waals surface area contributed by atoms with E-state index in [9.17, 15) is 9.18 Å². The van der Waals surface area contributed by atoms with Crippen molar-refractivity contribution in [2.75, 3.05) is 6.26 Å². The fraction of sp³-hybridized carbons (Fsp3) is 0.0435. The maximum atomic E-state index is 14.7. The van der Waals surface area contributed by atoms with Gasteiger partial charge in [0, 0.05) is 10.5 Å². The van der Waals surface area contributed by atoms with Crippen molar-refractivity contribution in [2.24, 2.45) is 4.99 Å². The summed E-state index contributed by atoms with van der Waals surface area (Å²) in [6, 6.07) is 22.4. The number of para-hydroxylation sites is 1. The minimum atomic E-state index is -0.370. The van der Waals surface area contributed by atoms with Crippen LogP contribution in [0.5, 0.6) is 0 Å². The van der Waals surface area contributed by atoms with Crippen LogP contribution in [0.3, 0.4) is 0 Å². The summed E-state index contributed by atoms with van der Waals surface area (Å²) < 4.78 is 14.7. The lowest BCUT2D eigenvalue weighted by Crippen LogP contribution is -2.19. The van der Waals surface area contributed by atoms with E-state index in [1.165, 1.54) is 17.8 Å². The Morgan fingerprint density at radius 2 is 1.72 bits per heavy atom. The zero-order valence-corrected chi connectivity index (χ0v) is 17.2. The first-order valence-corrected chi connectivity index (χ1v) is 10.9. The molecule has 0 radical (unpaired) electrons. The van der Waals surface area contributed by atoms with Crippen molar-refractivity contribution in [3.8, 4) is 11.1 Å². The van der Waals surface area contributed by atoms with Crippen molar-refractivity contribution in [1.29, 1.82) is 0 Å². The Labute approximate surface area is 177 Å². The highest BCUT2D eigenvalue weighted by molar-refractivity contribution is 8.18. The molecule has 144 valence electrons. The first-order chi connectivity index (χ1) is 14.1. The molecule has 3 nitrogen and oxygen atoms in total. The summed E-state index contributed by atoms with van der Waals surface area (Å²) >= 11 is 2.87. The summed E-state index contributed by atoms with van der Waals surface area (Å²) in [4.78, 5) is 18.2. The molecule has 0 spiro atoms. The van der Waals surface area contributed by atoms with Crippen LogP contribution in [-0.2, 0) is 4.79 Å². The van der Waals surface area contributed by atoms with Gasteiger partial charge in [0.05, 0.1) is 10.6 Å². The summed E-state index contributed by atoms with van der Waals surface area (Å²) in [7, 11) is 0. The van der Waals surface area contributed by atoms with Crippen LogP contribution in [-0.4, -0.2) is 17.3 Å². The molecule has 0 aliphatic carbocycles. The van der Waals surface area contributed by atoms with E-state index in [1.54, 1.807) is 23.9 Å². The molecule has 1 aliphatic heterocycles. The van der Waals surface area contributed by atoms with Crippen molar-refractivity contribution < 1.29 is 9.18 Å². The van der Waals surface area contributed by atoms with Crippen molar-refractivity contribution in [3.63, 3.8) is 0 Å². The summed E-state index contributed by atoms with van der Waals surface area (Å²) in [5, 5.41) is 3.21. The van der Waals surface area contributed by atoms with E-state index in [2.05, 4.69) is 10.3 Å². The fourth-order valence-electron chi connectivity index (χ4n) is 2.85. The van der Waals surface area contributed by atoms with Gasteiger partial charge in [-0.3, -0.25) is 4.79 Å². The highest BCUT2D eigenvalue weighted by Gasteiger charge is 2.24. The number of aliphatic imine (C=N–C) groups is 1. The van der Waals surface area contributed by atoms with Gasteiger partial charge in [0.1, 0.15) is 5.82 Å². The number of hydrogen-bond acceptors (Lipinski definition) is 4. The van der Waals surface area contributed by atoms with E-state index in [-0.39, 0.29) is 11.7 Å². The quantitative estimate of drug-likeness (QED) is 0.409. The standard InChI is InChI=1S/C23H17FN2OS2/c1-28-19-11-9-15(10-12-19)16-7-8-17(20(24)13-16)14-21-22(27)26-23(29-21)25-18-5-3-2-4-6-18/h2-14H,1H3,(H,25,26,27)/b21-14+. The van der Waals surface area contributed by atoms with Crippen LogP contribution >= 0.6 is 23.5 Å². The summed E-state index contributed by atoms with van der Waals surface area (Å²) in [6.45, 7) is 0. The number of nitrogens with zero attached hydrogens (tertiary/aromatic N) is 1. The predicted molar refractivity (Wildman–Crippen MR) is 121 cm³/mol. The fourth-order valence-corrected chi connectivity index (χ4v) is 4.09. The molecule has 3 aromatic carbocycles. The van der Waals surface area contributed by atoms with Crippen LogP contribution in [0.2, 0.25) is 0 Å². The number of carbonyl (C=O) groups excluding carboxylic acids is 1. The Kier molecular flexibility index (Phi) is 5.83. The molecule has 1 fully saturated rings. The van der Waals surface area contributed by atoms with Crippen LogP contribution in [0.25, 0.3) is 17.2 Å².